The summed E-state index contributed by atoms with van der Waals surface area (Å²) in [6, 6.07) is -5.83. The Morgan fingerprint density at radius 1 is 0.686 bits per heavy atom. The van der Waals surface area contributed by atoms with E-state index in [1.54, 1.807) is 0 Å². The van der Waals surface area contributed by atoms with Gasteiger partial charge in [-0.15, -0.1) is 0 Å². The molecule has 0 heterocycles. The molecule has 0 aromatic rings. The van der Waals surface area contributed by atoms with Crippen molar-refractivity contribution in [3.8, 4) is 0 Å². The molecule has 0 rings (SSSR count). The van der Waals surface area contributed by atoms with Crippen LogP contribution in [0.25, 0.3) is 0 Å². The third-order valence-electron chi connectivity index (χ3n) is 4.64. The first-order valence-electron chi connectivity index (χ1n) is 10.7. The minimum atomic E-state index is -1.65. The van der Waals surface area contributed by atoms with Gasteiger partial charge in [0.25, 0.3) is 0 Å². The van der Waals surface area contributed by atoms with Gasteiger partial charge < -0.3 is 49.1 Å². The number of carbonyl (C=O) groups excluding carboxylic acids is 5. The highest BCUT2D eigenvalue weighted by atomic mass is 16.4. The van der Waals surface area contributed by atoms with Gasteiger partial charge in [0.05, 0.1) is 18.9 Å². The predicted octanol–water partition coefficient (Wildman–Crippen LogP) is -4.40. The summed E-state index contributed by atoms with van der Waals surface area (Å²) in [5, 5.41) is 24.5. The number of nitrogens with two attached hydrogens (primary N) is 4. The van der Waals surface area contributed by atoms with Crippen molar-refractivity contribution in [2.75, 3.05) is 6.54 Å². The predicted molar refractivity (Wildman–Crippen MR) is 119 cm³/mol. The van der Waals surface area contributed by atoms with Gasteiger partial charge in [-0.1, -0.05) is 0 Å². The highest BCUT2D eigenvalue weighted by Gasteiger charge is 2.31. The van der Waals surface area contributed by atoms with Crippen LogP contribution in [0, 0.1) is 0 Å². The topological polar surface area (TPSA) is 300 Å². The minimum absolute atomic E-state index is 0.00699. The summed E-state index contributed by atoms with van der Waals surface area (Å²) < 4.78 is 0. The number of carboxylic acid groups (broad SMARTS) is 2. The van der Waals surface area contributed by atoms with E-state index in [-0.39, 0.29) is 19.4 Å². The summed E-state index contributed by atoms with van der Waals surface area (Å²) in [5.41, 5.74) is 21.2. The normalized spacial score (nSPS) is 14.0. The highest BCUT2D eigenvalue weighted by Crippen LogP contribution is 2.05. The Balaban J connectivity index is 5.53. The van der Waals surface area contributed by atoms with Crippen molar-refractivity contribution in [1.82, 2.24) is 16.0 Å². The van der Waals surface area contributed by atoms with Crippen LogP contribution in [-0.2, 0) is 33.6 Å². The van der Waals surface area contributed by atoms with Crippen LogP contribution in [0.3, 0.4) is 0 Å². The standard InChI is InChI=1S/C19H33N7O9/c20-6-2-1-3-10(17(32)26-12(19(34)35)8-14(23)28)24-18(33)11(7-13(22)27)25-16(31)9(21)4-5-15(29)30/h9-12H,1-8,20-21H2,(H2,22,27)(H2,23,28)(H,24,33)(H,25,31)(H,26,32)(H,29,30)(H,34,35). The van der Waals surface area contributed by atoms with Crippen LogP contribution in [0.15, 0.2) is 0 Å². The number of hydrogen-bond acceptors (Lipinski definition) is 9. The molecular formula is C19H33N7O9. The van der Waals surface area contributed by atoms with Crippen molar-refractivity contribution in [3.05, 3.63) is 0 Å². The lowest BCUT2D eigenvalue weighted by Gasteiger charge is -2.24. The second-order valence-corrected chi connectivity index (χ2v) is 7.69. The van der Waals surface area contributed by atoms with E-state index in [1.165, 1.54) is 0 Å². The van der Waals surface area contributed by atoms with E-state index in [1.807, 2.05) is 0 Å². The molecule has 0 aliphatic carbocycles. The Morgan fingerprint density at radius 3 is 1.66 bits per heavy atom. The molecule has 0 saturated carbocycles. The molecule has 0 aliphatic heterocycles. The van der Waals surface area contributed by atoms with Crippen molar-refractivity contribution in [2.45, 2.75) is 69.1 Å². The fourth-order valence-electron chi connectivity index (χ4n) is 2.81. The SMILES string of the molecule is NCCCCC(NC(=O)C(CC(N)=O)NC(=O)C(N)CCC(=O)O)C(=O)NC(CC(N)=O)C(=O)O. The van der Waals surface area contributed by atoms with Gasteiger partial charge in [0.2, 0.25) is 29.5 Å². The first-order chi connectivity index (χ1) is 16.3. The van der Waals surface area contributed by atoms with Crippen LogP contribution in [0.5, 0.6) is 0 Å². The van der Waals surface area contributed by atoms with Gasteiger partial charge in [-0.25, -0.2) is 4.79 Å². The van der Waals surface area contributed by atoms with Gasteiger partial charge in [0.15, 0.2) is 0 Å². The molecule has 0 bridgehead atoms. The summed E-state index contributed by atoms with van der Waals surface area (Å²) in [6.07, 6.45) is -1.21. The van der Waals surface area contributed by atoms with E-state index >= 15 is 0 Å². The monoisotopic (exact) mass is 503 g/mol. The quantitative estimate of drug-likeness (QED) is 0.0804. The molecule has 16 nitrogen and oxygen atoms in total. The largest absolute Gasteiger partial charge is 0.481 e. The number of primary amides is 2. The average Bonchev–Trinajstić information content (AvgIpc) is 2.74. The van der Waals surface area contributed by atoms with Gasteiger partial charge >= 0.3 is 11.9 Å². The second-order valence-electron chi connectivity index (χ2n) is 7.69. The summed E-state index contributed by atoms with van der Waals surface area (Å²) in [7, 11) is 0. The van der Waals surface area contributed by atoms with Gasteiger partial charge in [-0.05, 0) is 32.2 Å². The molecule has 0 fully saturated rings. The van der Waals surface area contributed by atoms with Crippen LogP contribution < -0.4 is 38.9 Å². The van der Waals surface area contributed by atoms with E-state index in [0.717, 1.165) is 0 Å². The van der Waals surface area contributed by atoms with Crippen LogP contribution in [0.4, 0.5) is 0 Å². The third kappa shape index (κ3) is 13.5. The smallest absolute Gasteiger partial charge is 0.326 e. The van der Waals surface area contributed by atoms with E-state index in [2.05, 4.69) is 16.0 Å². The summed E-state index contributed by atoms with van der Waals surface area (Å²) in [5.74, 6) is -7.56. The molecule has 0 aromatic heterocycles. The fourth-order valence-corrected chi connectivity index (χ4v) is 2.81. The molecule has 0 spiro atoms. The molecule has 35 heavy (non-hydrogen) atoms. The summed E-state index contributed by atoms with van der Waals surface area (Å²) >= 11 is 0. The molecular weight excluding hydrogens is 470 g/mol. The average molecular weight is 504 g/mol. The number of amides is 5. The maximum absolute atomic E-state index is 12.8. The maximum Gasteiger partial charge on any atom is 0.326 e. The summed E-state index contributed by atoms with van der Waals surface area (Å²) in [6.45, 7) is 0.274. The third-order valence-corrected chi connectivity index (χ3v) is 4.64. The zero-order valence-corrected chi connectivity index (χ0v) is 19.0. The van der Waals surface area contributed by atoms with Crippen LogP contribution >= 0.6 is 0 Å². The van der Waals surface area contributed by atoms with Gasteiger partial charge in [0.1, 0.15) is 18.1 Å². The van der Waals surface area contributed by atoms with E-state index in [4.69, 9.17) is 28.0 Å². The van der Waals surface area contributed by atoms with Crippen LogP contribution in [-0.4, -0.2) is 82.4 Å². The van der Waals surface area contributed by atoms with Gasteiger partial charge in [0, 0.05) is 6.42 Å². The number of carboxylic acids is 2. The van der Waals surface area contributed by atoms with Crippen molar-refractivity contribution in [2.24, 2.45) is 22.9 Å². The molecule has 0 saturated heterocycles. The first kappa shape index (κ1) is 31.2. The molecule has 0 aliphatic rings. The molecule has 4 unspecified atom stereocenters. The zero-order valence-electron chi connectivity index (χ0n) is 19.0. The van der Waals surface area contributed by atoms with E-state index in [9.17, 15) is 38.7 Å². The molecule has 0 aromatic carbocycles. The molecule has 16 heteroatoms. The second kappa shape index (κ2) is 15.9. The van der Waals surface area contributed by atoms with Crippen molar-refractivity contribution < 1.29 is 43.8 Å². The fraction of sp³-hybridized carbons (Fsp3) is 0.632. The maximum atomic E-state index is 12.8. The molecule has 4 atom stereocenters. The lowest BCUT2D eigenvalue weighted by atomic mass is 10.1. The Morgan fingerprint density at radius 2 is 1.17 bits per heavy atom. The molecule has 0 radical (unpaired) electrons. The number of rotatable bonds is 18. The number of hydrogen-bond donors (Lipinski definition) is 9. The Labute approximate surface area is 200 Å². The highest BCUT2D eigenvalue weighted by molar-refractivity contribution is 5.96. The van der Waals surface area contributed by atoms with Crippen molar-refractivity contribution in [3.63, 3.8) is 0 Å². The first-order valence-corrected chi connectivity index (χ1v) is 10.7. The lowest BCUT2D eigenvalue weighted by molar-refractivity contribution is -0.144. The Bertz CT molecular complexity index is 806. The number of aliphatic carboxylic acids is 2. The van der Waals surface area contributed by atoms with Crippen LogP contribution in [0.1, 0.15) is 44.9 Å². The van der Waals surface area contributed by atoms with Crippen LogP contribution in [0.2, 0.25) is 0 Å². The lowest BCUT2D eigenvalue weighted by Crippen LogP contribution is -2.58. The van der Waals surface area contributed by atoms with Crippen molar-refractivity contribution in [1.29, 1.82) is 0 Å². The molecule has 5 amide bonds. The van der Waals surface area contributed by atoms with Gasteiger partial charge in [-0.3, -0.25) is 28.8 Å². The van der Waals surface area contributed by atoms with E-state index < -0.39 is 84.9 Å². The number of nitrogens with one attached hydrogen (secondary N) is 3. The van der Waals surface area contributed by atoms with E-state index in [0.29, 0.717) is 12.8 Å². The summed E-state index contributed by atoms with van der Waals surface area (Å²) in [4.78, 5) is 82.2. The Hall–Kier alpha value is -3.79. The molecule has 198 valence electrons. The van der Waals surface area contributed by atoms with Crippen molar-refractivity contribution >= 4 is 41.5 Å². The number of unbranched alkanes of at least 4 members (excludes halogenated alkanes) is 1. The number of carbonyl (C=O) groups is 7. The minimum Gasteiger partial charge on any atom is -0.481 e. The zero-order chi connectivity index (χ0) is 27.1. The Kier molecular flexibility index (Phi) is 14.2. The molecule has 13 N–H and O–H groups in total. The van der Waals surface area contributed by atoms with Gasteiger partial charge in [-0.2, -0.15) is 0 Å².